The summed E-state index contributed by atoms with van der Waals surface area (Å²) in [6.07, 6.45) is 79.1. The second kappa shape index (κ2) is 60.1. The first-order chi connectivity index (χ1) is 35.5. The van der Waals surface area contributed by atoms with Gasteiger partial charge in [0.1, 0.15) is 13.2 Å². The van der Waals surface area contributed by atoms with Crippen LogP contribution in [0.1, 0.15) is 297 Å². The molecule has 0 saturated carbocycles. The number of esters is 3. The van der Waals surface area contributed by atoms with E-state index in [1.165, 1.54) is 167 Å². The number of ether oxygens (including phenoxy) is 3. The summed E-state index contributed by atoms with van der Waals surface area (Å²) < 4.78 is 16.8. The number of unbranched alkanes of at least 4 members (excludes halogenated alkanes) is 30. The Morgan fingerprint density at radius 2 is 0.569 bits per heavy atom. The van der Waals surface area contributed by atoms with E-state index in [4.69, 9.17) is 14.2 Å². The van der Waals surface area contributed by atoms with Gasteiger partial charge in [0.15, 0.2) is 6.10 Å². The number of allylic oxidation sites excluding steroid dienone is 14. The zero-order valence-electron chi connectivity index (χ0n) is 47.4. The predicted molar refractivity (Wildman–Crippen MR) is 311 cm³/mol. The van der Waals surface area contributed by atoms with E-state index in [-0.39, 0.29) is 31.6 Å². The summed E-state index contributed by atoms with van der Waals surface area (Å²) in [4.78, 5) is 38.1. The molecule has 72 heavy (non-hydrogen) atoms. The Hall–Kier alpha value is -3.41. The molecule has 0 aromatic carbocycles. The fourth-order valence-electron chi connectivity index (χ4n) is 8.54. The van der Waals surface area contributed by atoms with Crippen molar-refractivity contribution in [3.05, 3.63) is 85.1 Å². The van der Waals surface area contributed by atoms with Gasteiger partial charge in [-0.1, -0.05) is 260 Å². The van der Waals surface area contributed by atoms with Crippen LogP contribution < -0.4 is 0 Å². The molecular formula is C66H114O6. The van der Waals surface area contributed by atoms with Gasteiger partial charge in [-0.2, -0.15) is 0 Å². The van der Waals surface area contributed by atoms with E-state index in [0.717, 1.165) is 83.5 Å². The Morgan fingerprint density at radius 3 is 0.944 bits per heavy atom. The van der Waals surface area contributed by atoms with Crippen LogP contribution in [0.15, 0.2) is 85.1 Å². The molecule has 0 bridgehead atoms. The van der Waals surface area contributed by atoms with Gasteiger partial charge in [-0.25, -0.2) is 0 Å². The molecule has 0 aliphatic carbocycles. The highest BCUT2D eigenvalue weighted by molar-refractivity contribution is 5.71. The third kappa shape index (κ3) is 57.5. The third-order valence-electron chi connectivity index (χ3n) is 13.1. The van der Waals surface area contributed by atoms with Crippen LogP contribution in [-0.4, -0.2) is 37.2 Å². The average molecular weight is 1000 g/mol. The number of hydrogen-bond donors (Lipinski definition) is 0. The summed E-state index contributed by atoms with van der Waals surface area (Å²) in [5.41, 5.74) is 0. The molecular weight excluding hydrogens is 889 g/mol. The van der Waals surface area contributed by atoms with Crippen LogP contribution in [-0.2, 0) is 28.6 Å². The SMILES string of the molecule is CC/C=C\C/C=C\C/C=C\C/C=C\CCC(=O)OC(COC(=O)CCCCCCC/C=C\CCCCC)COC(=O)CCCCCCCCCCCCCCCCCCC/C=C\C/C=C\CCCCCCC. The first-order valence-electron chi connectivity index (χ1n) is 30.6. The van der Waals surface area contributed by atoms with Crippen molar-refractivity contribution in [2.75, 3.05) is 13.2 Å². The summed E-state index contributed by atoms with van der Waals surface area (Å²) in [6.45, 7) is 6.44. The van der Waals surface area contributed by atoms with E-state index in [9.17, 15) is 14.4 Å². The number of hydrogen-bond acceptors (Lipinski definition) is 6. The Kier molecular flexibility index (Phi) is 57.3. The monoisotopic (exact) mass is 1000 g/mol. The van der Waals surface area contributed by atoms with Gasteiger partial charge in [0.2, 0.25) is 0 Å². The third-order valence-corrected chi connectivity index (χ3v) is 13.1. The summed E-state index contributed by atoms with van der Waals surface area (Å²) in [5.74, 6) is -0.992. The molecule has 0 heterocycles. The van der Waals surface area contributed by atoms with Crippen LogP contribution >= 0.6 is 0 Å². The fourth-order valence-corrected chi connectivity index (χ4v) is 8.54. The first-order valence-corrected chi connectivity index (χ1v) is 30.6. The highest BCUT2D eigenvalue weighted by Crippen LogP contribution is 2.16. The van der Waals surface area contributed by atoms with Gasteiger partial charge in [-0.3, -0.25) is 14.4 Å². The van der Waals surface area contributed by atoms with Crippen molar-refractivity contribution < 1.29 is 28.6 Å². The lowest BCUT2D eigenvalue weighted by atomic mass is 10.0. The quantitative estimate of drug-likeness (QED) is 0.0261. The van der Waals surface area contributed by atoms with E-state index in [2.05, 4.69) is 93.7 Å². The maximum absolute atomic E-state index is 12.8. The molecule has 1 atom stereocenters. The van der Waals surface area contributed by atoms with Crippen LogP contribution in [0.25, 0.3) is 0 Å². The molecule has 0 aromatic heterocycles. The van der Waals surface area contributed by atoms with Gasteiger partial charge in [0, 0.05) is 19.3 Å². The minimum atomic E-state index is -0.817. The van der Waals surface area contributed by atoms with Crippen molar-refractivity contribution in [3.8, 4) is 0 Å². The van der Waals surface area contributed by atoms with Gasteiger partial charge in [-0.05, 0) is 103 Å². The van der Waals surface area contributed by atoms with E-state index in [0.29, 0.717) is 19.3 Å². The largest absolute Gasteiger partial charge is 0.462 e. The van der Waals surface area contributed by atoms with Crippen molar-refractivity contribution >= 4 is 17.9 Å². The van der Waals surface area contributed by atoms with Crippen molar-refractivity contribution in [2.45, 2.75) is 303 Å². The summed E-state index contributed by atoms with van der Waals surface area (Å²) in [5, 5.41) is 0. The molecule has 0 radical (unpaired) electrons. The lowest BCUT2D eigenvalue weighted by molar-refractivity contribution is -0.166. The van der Waals surface area contributed by atoms with Crippen LogP contribution in [0.5, 0.6) is 0 Å². The zero-order valence-corrected chi connectivity index (χ0v) is 47.4. The van der Waals surface area contributed by atoms with E-state index in [1.54, 1.807) is 0 Å². The van der Waals surface area contributed by atoms with Gasteiger partial charge in [-0.15, -0.1) is 0 Å². The highest BCUT2D eigenvalue weighted by atomic mass is 16.6. The van der Waals surface area contributed by atoms with Gasteiger partial charge < -0.3 is 14.2 Å². The molecule has 6 heteroatoms. The Labute approximate surface area is 445 Å². The second-order valence-corrected chi connectivity index (χ2v) is 20.2. The summed E-state index contributed by atoms with van der Waals surface area (Å²) in [6, 6.07) is 0. The standard InChI is InChI=1S/C66H114O6/c1-4-7-10-13-16-19-22-25-26-27-28-29-30-31-32-33-34-35-36-37-38-39-40-42-44-47-50-53-56-59-65(68)71-62-63(61-70-64(67)58-55-52-49-46-43-24-21-18-15-12-9-6-3)72-66(69)60-57-54-51-48-45-41-23-20-17-14-11-8-5-2/h8,11,17-18,20-22,25,27-28,41,45,51,54,63H,4-7,9-10,12-16,19,23-24,26,29-40,42-44,46-50,52-53,55-62H2,1-3H3/b11-8-,20-17-,21-18-,25-22-,28-27-,45-41-,54-51-. The van der Waals surface area contributed by atoms with Crippen LogP contribution in [0.2, 0.25) is 0 Å². The molecule has 414 valence electrons. The smallest absolute Gasteiger partial charge is 0.306 e. The topological polar surface area (TPSA) is 78.9 Å². The van der Waals surface area contributed by atoms with E-state index < -0.39 is 12.1 Å². The average Bonchev–Trinajstić information content (AvgIpc) is 3.38. The van der Waals surface area contributed by atoms with E-state index >= 15 is 0 Å². The maximum Gasteiger partial charge on any atom is 0.306 e. The normalized spacial score (nSPS) is 12.7. The lowest BCUT2D eigenvalue weighted by Crippen LogP contribution is -2.30. The van der Waals surface area contributed by atoms with Gasteiger partial charge in [0.25, 0.3) is 0 Å². The summed E-state index contributed by atoms with van der Waals surface area (Å²) >= 11 is 0. The van der Waals surface area contributed by atoms with Crippen molar-refractivity contribution in [1.82, 2.24) is 0 Å². The van der Waals surface area contributed by atoms with Crippen molar-refractivity contribution in [1.29, 1.82) is 0 Å². The number of carbonyl (C=O) groups excluding carboxylic acids is 3. The van der Waals surface area contributed by atoms with Gasteiger partial charge in [0.05, 0.1) is 0 Å². The number of rotatable bonds is 55. The molecule has 0 N–H and O–H groups in total. The predicted octanol–water partition coefficient (Wildman–Crippen LogP) is 20.7. The van der Waals surface area contributed by atoms with E-state index in [1.807, 2.05) is 12.2 Å². The molecule has 6 nitrogen and oxygen atoms in total. The summed E-state index contributed by atoms with van der Waals surface area (Å²) in [7, 11) is 0. The first kappa shape index (κ1) is 68.6. The Morgan fingerprint density at radius 1 is 0.292 bits per heavy atom. The minimum Gasteiger partial charge on any atom is -0.462 e. The molecule has 0 rings (SSSR count). The minimum absolute atomic E-state index is 0.106. The molecule has 0 fully saturated rings. The highest BCUT2D eigenvalue weighted by Gasteiger charge is 2.19. The molecule has 0 amide bonds. The Balaban J connectivity index is 4.20. The fraction of sp³-hybridized carbons (Fsp3) is 0.742. The van der Waals surface area contributed by atoms with Crippen LogP contribution in [0, 0.1) is 0 Å². The van der Waals surface area contributed by atoms with Crippen molar-refractivity contribution in [2.24, 2.45) is 0 Å². The Bertz CT molecular complexity index is 1380. The number of carbonyl (C=O) groups is 3. The lowest BCUT2D eigenvalue weighted by Gasteiger charge is -2.18. The van der Waals surface area contributed by atoms with Crippen LogP contribution in [0.4, 0.5) is 0 Å². The maximum atomic E-state index is 12.8. The van der Waals surface area contributed by atoms with Crippen LogP contribution in [0.3, 0.4) is 0 Å². The molecule has 0 aliphatic heterocycles. The molecule has 0 aliphatic rings. The van der Waals surface area contributed by atoms with Gasteiger partial charge >= 0.3 is 17.9 Å². The van der Waals surface area contributed by atoms with Crippen molar-refractivity contribution in [3.63, 3.8) is 0 Å². The molecule has 0 saturated heterocycles. The molecule has 1 unspecified atom stereocenters. The second-order valence-electron chi connectivity index (χ2n) is 20.2. The molecule has 0 aromatic rings. The zero-order chi connectivity index (χ0) is 52.2. The molecule has 0 spiro atoms.